The van der Waals surface area contributed by atoms with Gasteiger partial charge in [0, 0.05) is 6.61 Å². The Morgan fingerprint density at radius 3 is 2.85 bits per heavy atom. The third-order valence-corrected chi connectivity index (χ3v) is 3.55. The van der Waals surface area contributed by atoms with Gasteiger partial charge in [-0.15, -0.1) is 0 Å². The van der Waals surface area contributed by atoms with E-state index in [0.29, 0.717) is 11.5 Å². The lowest BCUT2D eigenvalue weighted by Gasteiger charge is -2.26. The number of hydrogen-bond acceptors (Lipinski definition) is 2. The molecule has 0 amide bonds. The molecule has 1 heterocycles. The van der Waals surface area contributed by atoms with E-state index >= 15 is 0 Å². The molecule has 1 aliphatic carbocycles. The third kappa shape index (κ3) is 2.23. The highest BCUT2D eigenvalue weighted by atomic mass is 16.5. The molecule has 1 aliphatic heterocycles. The van der Waals surface area contributed by atoms with Gasteiger partial charge in [0.05, 0.1) is 12.2 Å². The molecule has 0 radical (unpaired) electrons. The highest BCUT2D eigenvalue weighted by Crippen LogP contribution is 2.43. The Kier molecular flexibility index (Phi) is 2.61. The molecule has 0 aromatic carbocycles. The second kappa shape index (κ2) is 3.58. The smallest absolute Gasteiger partial charge is 0.0581 e. The Hall–Kier alpha value is -0.0800. The first-order valence-corrected chi connectivity index (χ1v) is 5.48. The summed E-state index contributed by atoms with van der Waals surface area (Å²) < 4.78 is 5.63. The molecular formula is C11H20O2. The minimum Gasteiger partial charge on any atom is -0.393 e. The first-order chi connectivity index (χ1) is 6.18. The molecule has 0 bridgehead atoms. The number of aliphatic hydroxyl groups excluding tert-OH is 1. The van der Waals surface area contributed by atoms with Crippen LogP contribution in [0.2, 0.25) is 0 Å². The predicted octanol–water partition coefficient (Wildman–Crippen LogP) is 2.11. The molecule has 0 spiro atoms. The Bertz CT molecular complexity index is 175. The summed E-state index contributed by atoms with van der Waals surface area (Å²) in [6, 6.07) is 0. The summed E-state index contributed by atoms with van der Waals surface area (Å²) in [5, 5.41) is 9.50. The van der Waals surface area contributed by atoms with Crippen molar-refractivity contribution in [2.45, 2.75) is 57.7 Å². The van der Waals surface area contributed by atoms with Gasteiger partial charge in [-0.25, -0.2) is 0 Å². The van der Waals surface area contributed by atoms with Gasteiger partial charge in [0.2, 0.25) is 0 Å². The highest BCUT2D eigenvalue weighted by Gasteiger charge is 2.36. The van der Waals surface area contributed by atoms with E-state index < -0.39 is 0 Å². The van der Waals surface area contributed by atoms with Crippen molar-refractivity contribution in [3.05, 3.63) is 0 Å². The van der Waals surface area contributed by atoms with Crippen molar-refractivity contribution in [3.8, 4) is 0 Å². The molecule has 76 valence electrons. The van der Waals surface area contributed by atoms with E-state index in [1.54, 1.807) is 0 Å². The molecule has 2 rings (SSSR count). The molecule has 2 nitrogen and oxygen atoms in total. The van der Waals surface area contributed by atoms with Crippen molar-refractivity contribution in [1.29, 1.82) is 0 Å². The first-order valence-electron chi connectivity index (χ1n) is 5.48. The van der Waals surface area contributed by atoms with Crippen molar-refractivity contribution in [2.75, 3.05) is 6.61 Å². The van der Waals surface area contributed by atoms with Crippen LogP contribution in [0, 0.1) is 5.41 Å². The molecule has 2 fully saturated rings. The number of rotatable bonds is 2. The van der Waals surface area contributed by atoms with Crippen LogP contribution >= 0.6 is 0 Å². The Morgan fingerprint density at radius 2 is 2.31 bits per heavy atom. The zero-order valence-electron chi connectivity index (χ0n) is 8.46. The summed E-state index contributed by atoms with van der Waals surface area (Å²) in [6.07, 6.45) is 7.19. The largest absolute Gasteiger partial charge is 0.393 e. The first kappa shape index (κ1) is 9.47. The number of hydrogen-bond donors (Lipinski definition) is 1. The van der Waals surface area contributed by atoms with Gasteiger partial charge in [0.1, 0.15) is 0 Å². The van der Waals surface area contributed by atoms with Gasteiger partial charge in [-0.1, -0.05) is 6.92 Å². The van der Waals surface area contributed by atoms with E-state index in [4.69, 9.17) is 4.74 Å². The van der Waals surface area contributed by atoms with Gasteiger partial charge >= 0.3 is 0 Å². The zero-order valence-corrected chi connectivity index (χ0v) is 8.46. The van der Waals surface area contributed by atoms with Crippen LogP contribution in [0.3, 0.4) is 0 Å². The summed E-state index contributed by atoms with van der Waals surface area (Å²) in [5.41, 5.74) is 0.356. The fourth-order valence-corrected chi connectivity index (χ4v) is 2.83. The monoisotopic (exact) mass is 184 g/mol. The highest BCUT2D eigenvalue weighted by molar-refractivity contribution is 4.88. The average molecular weight is 184 g/mol. The maximum Gasteiger partial charge on any atom is 0.0581 e. The van der Waals surface area contributed by atoms with Gasteiger partial charge in [0.15, 0.2) is 0 Å². The maximum atomic E-state index is 9.50. The van der Waals surface area contributed by atoms with Gasteiger partial charge in [-0.3, -0.25) is 0 Å². The van der Waals surface area contributed by atoms with Crippen LogP contribution in [0.15, 0.2) is 0 Å². The maximum absolute atomic E-state index is 9.50. The lowest BCUT2D eigenvalue weighted by Crippen LogP contribution is -2.21. The quantitative estimate of drug-likeness (QED) is 0.712. The SMILES string of the molecule is CC1(CC2CCCO2)CCC(O)C1. The van der Waals surface area contributed by atoms with Crippen LogP contribution in [0.1, 0.15) is 45.4 Å². The zero-order chi connectivity index (χ0) is 9.31. The summed E-state index contributed by atoms with van der Waals surface area (Å²) in [4.78, 5) is 0. The van der Waals surface area contributed by atoms with E-state index in [-0.39, 0.29) is 6.10 Å². The standard InChI is InChI=1S/C11H20O2/c1-11(5-4-9(12)7-11)8-10-3-2-6-13-10/h9-10,12H,2-8H2,1H3. The summed E-state index contributed by atoms with van der Waals surface area (Å²) in [6.45, 7) is 3.24. The van der Waals surface area contributed by atoms with Gasteiger partial charge < -0.3 is 9.84 Å². The minimum atomic E-state index is -0.0496. The van der Waals surface area contributed by atoms with Crippen LogP contribution < -0.4 is 0 Å². The minimum absolute atomic E-state index is 0.0496. The topological polar surface area (TPSA) is 29.5 Å². The van der Waals surface area contributed by atoms with Crippen LogP contribution in [0.5, 0.6) is 0 Å². The van der Waals surface area contributed by atoms with Gasteiger partial charge in [-0.05, 0) is 43.9 Å². The molecule has 13 heavy (non-hydrogen) atoms. The second-order valence-electron chi connectivity index (χ2n) is 5.05. The molecule has 1 saturated carbocycles. The lowest BCUT2D eigenvalue weighted by atomic mass is 9.82. The van der Waals surface area contributed by atoms with E-state index in [1.807, 2.05) is 0 Å². The van der Waals surface area contributed by atoms with Crippen LogP contribution in [-0.2, 0) is 4.74 Å². The molecule has 2 heteroatoms. The second-order valence-corrected chi connectivity index (χ2v) is 5.05. The Balaban J connectivity index is 1.85. The van der Waals surface area contributed by atoms with E-state index in [9.17, 15) is 5.11 Å². The average Bonchev–Trinajstić information content (AvgIpc) is 2.62. The van der Waals surface area contributed by atoms with Gasteiger partial charge in [0.25, 0.3) is 0 Å². The lowest BCUT2D eigenvalue weighted by molar-refractivity contribution is 0.0622. The van der Waals surface area contributed by atoms with Crippen molar-refractivity contribution >= 4 is 0 Å². The number of aliphatic hydroxyl groups is 1. The van der Waals surface area contributed by atoms with Crippen LogP contribution in [-0.4, -0.2) is 23.9 Å². The molecular weight excluding hydrogens is 164 g/mol. The molecule has 0 aromatic rings. The molecule has 3 atom stereocenters. The van der Waals surface area contributed by atoms with Crippen molar-refractivity contribution in [2.24, 2.45) is 5.41 Å². The summed E-state index contributed by atoms with van der Waals surface area (Å²) in [7, 11) is 0. The molecule has 1 saturated heterocycles. The molecule has 2 aliphatic rings. The Morgan fingerprint density at radius 1 is 1.46 bits per heavy atom. The molecule has 1 N–H and O–H groups in total. The Labute approximate surface area is 80.3 Å². The van der Waals surface area contributed by atoms with E-state index in [2.05, 4.69) is 6.92 Å². The predicted molar refractivity (Wildman–Crippen MR) is 51.6 cm³/mol. The number of ether oxygens (including phenoxy) is 1. The van der Waals surface area contributed by atoms with E-state index in [0.717, 1.165) is 25.9 Å². The van der Waals surface area contributed by atoms with Crippen molar-refractivity contribution < 1.29 is 9.84 Å². The van der Waals surface area contributed by atoms with E-state index in [1.165, 1.54) is 19.3 Å². The van der Waals surface area contributed by atoms with Crippen molar-refractivity contribution in [1.82, 2.24) is 0 Å². The normalized spacial score (nSPS) is 45.7. The van der Waals surface area contributed by atoms with Crippen molar-refractivity contribution in [3.63, 3.8) is 0 Å². The third-order valence-electron chi connectivity index (χ3n) is 3.55. The fourth-order valence-electron chi connectivity index (χ4n) is 2.83. The van der Waals surface area contributed by atoms with Crippen LogP contribution in [0.4, 0.5) is 0 Å². The summed E-state index contributed by atoms with van der Waals surface area (Å²) >= 11 is 0. The fraction of sp³-hybridized carbons (Fsp3) is 1.00. The van der Waals surface area contributed by atoms with Gasteiger partial charge in [-0.2, -0.15) is 0 Å². The molecule has 3 unspecified atom stereocenters. The molecule has 0 aromatic heterocycles. The summed E-state index contributed by atoms with van der Waals surface area (Å²) in [5.74, 6) is 0. The van der Waals surface area contributed by atoms with Crippen LogP contribution in [0.25, 0.3) is 0 Å².